The average molecular weight is 310 g/mol. The molecule has 3 rings (SSSR count). The Morgan fingerprint density at radius 3 is 2.43 bits per heavy atom. The Morgan fingerprint density at radius 2 is 1.74 bits per heavy atom. The quantitative estimate of drug-likeness (QED) is 0.930. The topological polar surface area (TPSA) is 32.3 Å². The van der Waals surface area contributed by atoms with Gasteiger partial charge in [-0.3, -0.25) is 4.79 Å². The van der Waals surface area contributed by atoms with Crippen LogP contribution in [-0.2, 0) is 0 Å². The molecule has 23 heavy (non-hydrogen) atoms. The van der Waals surface area contributed by atoms with Gasteiger partial charge in [0.25, 0.3) is 5.91 Å². The van der Waals surface area contributed by atoms with E-state index in [4.69, 9.17) is 0 Å². The van der Waals surface area contributed by atoms with Crippen molar-refractivity contribution in [2.45, 2.75) is 37.6 Å². The lowest BCUT2D eigenvalue weighted by atomic mass is 9.80. The van der Waals surface area contributed by atoms with Crippen LogP contribution in [0.3, 0.4) is 0 Å². The SMILES string of the molecule is CN(C)C1(CNC(=O)c2ccc3ccccc3c2)CCCCC1. The molecule has 1 aliphatic rings. The van der Waals surface area contributed by atoms with Crippen LogP contribution in [0.5, 0.6) is 0 Å². The van der Waals surface area contributed by atoms with Crippen molar-refractivity contribution in [3.05, 3.63) is 48.0 Å². The fourth-order valence-electron chi connectivity index (χ4n) is 3.67. The van der Waals surface area contributed by atoms with Crippen molar-refractivity contribution in [3.63, 3.8) is 0 Å². The Morgan fingerprint density at radius 1 is 1.04 bits per heavy atom. The second kappa shape index (κ2) is 6.71. The number of hydrogen-bond acceptors (Lipinski definition) is 2. The van der Waals surface area contributed by atoms with Crippen LogP contribution < -0.4 is 5.32 Å². The minimum atomic E-state index is 0.0301. The van der Waals surface area contributed by atoms with Gasteiger partial charge in [0.1, 0.15) is 0 Å². The zero-order valence-corrected chi connectivity index (χ0v) is 14.1. The third-order valence-corrected chi connectivity index (χ3v) is 5.32. The van der Waals surface area contributed by atoms with Gasteiger partial charge >= 0.3 is 0 Å². The number of nitrogens with zero attached hydrogens (tertiary/aromatic N) is 1. The molecule has 0 spiro atoms. The highest BCUT2D eigenvalue weighted by atomic mass is 16.1. The molecule has 3 heteroatoms. The Labute approximate surface area is 138 Å². The van der Waals surface area contributed by atoms with Crippen molar-refractivity contribution < 1.29 is 4.79 Å². The van der Waals surface area contributed by atoms with Gasteiger partial charge in [0.15, 0.2) is 0 Å². The maximum atomic E-state index is 12.6. The van der Waals surface area contributed by atoms with E-state index < -0.39 is 0 Å². The summed E-state index contributed by atoms with van der Waals surface area (Å²) in [5.41, 5.74) is 0.860. The first-order valence-corrected chi connectivity index (χ1v) is 8.55. The van der Waals surface area contributed by atoms with Crippen molar-refractivity contribution >= 4 is 16.7 Å². The van der Waals surface area contributed by atoms with E-state index in [1.54, 1.807) is 0 Å². The van der Waals surface area contributed by atoms with Crippen LogP contribution in [0.25, 0.3) is 10.8 Å². The second-order valence-corrected chi connectivity index (χ2v) is 6.92. The summed E-state index contributed by atoms with van der Waals surface area (Å²) in [7, 11) is 4.26. The van der Waals surface area contributed by atoms with Gasteiger partial charge in [-0.25, -0.2) is 0 Å². The van der Waals surface area contributed by atoms with Crippen LogP contribution in [0.4, 0.5) is 0 Å². The predicted octanol–water partition coefficient (Wildman–Crippen LogP) is 3.83. The molecule has 122 valence electrons. The van der Waals surface area contributed by atoms with E-state index >= 15 is 0 Å². The Kier molecular flexibility index (Phi) is 4.67. The van der Waals surface area contributed by atoms with Gasteiger partial charge < -0.3 is 10.2 Å². The average Bonchev–Trinajstić information content (AvgIpc) is 2.60. The lowest BCUT2D eigenvalue weighted by Crippen LogP contribution is -2.53. The number of hydrogen-bond donors (Lipinski definition) is 1. The third kappa shape index (κ3) is 3.40. The van der Waals surface area contributed by atoms with Gasteiger partial charge in [-0.05, 0) is 49.8 Å². The summed E-state index contributed by atoms with van der Waals surface area (Å²) in [4.78, 5) is 14.9. The van der Waals surface area contributed by atoms with Gasteiger partial charge in [0, 0.05) is 17.6 Å². The standard InChI is InChI=1S/C20H26N2O/c1-22(2)20(12-6-3-7-13-20)15-21-19(23)18-11-10-16-8-4-5-9-17(16)14-18/h4-5,8-11,14H,3,6-7,12-13,15H2,1-2H3,(H,21,23). The molecule has 0 aliphatic heterocycles. The largest absolute Gasteiger partial charge is 0.350 e. The van der Waals surface area contributed by atoms with Gasteiger partial charge in [-0.15, -0.1) is 0 Å². The van der Waals surface area contributed by atoms with E-state index in [1.807, 2.05) is 30.3 Å². The lowest BCUT2D eigenvalue weighted by molar-refractivity contribution is 0.0800. The number of carbonyl (C=O) groups excluding carboxylic acids is 1. The van der Waals surface area contributed by atoms with E-state index in [1.165, 1.54) is 24.6 Å². The lowest BCUT2D eigenvalue weighted by Gasteiger charge is -2.43. The highest BCUT2D eigenvalue weighted by Crippen LogP contribution is 2.31. The van der Waals surface area contributed by atoms with Crippen LogP contribution in [0.2, 0.25) is 0 Å². The number of benzene rings is 2. The summed E-state index contributed by atoms with van der Waals surface area (Å²) in [6, 6.07) is 14.1. The molecule has 2 aromatic rings. The van der Waals surface area contributed by atoms with Crippen LogP contribution in [0.1, 0.15) is 42.5 Å². The molecule has 1 aliphatic carbocycles. The zero-order valence-electron chi connectivity index (χ0n) is 14.1. The maximum Gasteiger partial charge on any atom is 0.251 e. The van der Waals surface area contributed by atoms with Crippen molar-refractivity contribution in [3.8, 4) is 0 Å². The summed E-state index contributed by atoms with van der Waals surface area (Å²) in [6.07, 6.45) is 6.15. The highest BCUT2D eigenvalue weighted by molar-refractivity contribution is 5.98. The molecule has 2 aromatic carbocycles. The Balaban J connectivity index is 1.72. The van der Waals surface area contributed by atoms with Crippen molar-refractivity contribution in [1.82, 2.24) is 10.2 Å². The van der Waals surface area contributed by atoms with E-state index in [2.05, 4.69) is 36.4 Å². The highest BCUT2D eigenvalue weighted by Gasteiger charge is 2.34. The van der Waals surface area contributed by atoms with Crippen molar-refractivity contribution in [1.29, 1.82) is 0 Å². The molecule has 0 radical (unpaired) electrons. The molecule has 1 amide bonds. The summed E-state index contributed by atoms with van der Waals surface area (Å²) in [6.45, 7) is 0.728. The summed E-state index contributed by atoms with van der Waals surface area (Å²) < 4.78 is 0. The van der Waals surface area contributed by atoms with E-state index in [9.17, 15) is 4.79 Å². The van der Waals surface area contributed by atoms with E-state index in [0.717, 1.165) is 30.3 Å². The first-order valence-electron chi connectivity index (χ1n) is 8.55. The van der Waals surface area contributed by atoms with Crippen LogP contribution in [0.15, 0.2) is 42.5 Å². The smallest absolute Gasteiger partial charge is 0.251 e. The van der Waals surface area contributed by atoms with Gasteiger partial charge in [-0.1, -0.05) is 49.6 Å². The van der Waals surface area contributed by atoms with Crippen molar-refractivity contribution in [2.75, 3.05) is 20.6 Å². The summed E-state index contributed by atoms with van der Waals surface area (Å²) in [5.74, 6) is 0.0301. The number of carbonyl (C=O) groups is 1. The molecule has 0 unspecified atom stereocenters. The second-order valence-electron chi connectivity index (χ2n) is 6.92. The molecule has 0 saturated heterocycles. The van der Waals surface area contributed by atoms with Gasteiger partial charge in [0.05, 0.1) is 0 Å². The fourth-order valence-corrected chi connectivity index (χ4v) is 3.67. The molecule has 3 nitrogen and oxygen atoms in total. The molecule has 1 saturated carbocycles. The number of fused-ring (bicyclic) bond motifs is 1. The molecule has 0 heterocycles. The normalized spacial score (nSPS) is 17.3. The minimum Gasteiger partial charge on any atom is -0.350 e. The number of nitrogens with one attached hydrogen (secondary N) is 1. The number of likely N-dealkylation sites (N-methyl/N-ethyl adjacent to an activating group) is 1. The zero-order chi connectivity index (χ0) is 16.3. The van der Waals surface area contributed by atoms with Crippen LogP contribution in [-0.4, -0.2) is 37.0 Å². The number of amides is 1. The first-order chi connectivity index (χ1) is 11.1. The van der Waals surface area contributed by atoms with Crippen LogP contribution >= 0.6 is 0 Å². The molecule has 0 bridgehead atoms. The molecule has 1 N–H and O–H groups in total. The molecule has 0 atom stereocenters. The molecule has 1 fully saturated rings. The van der Waals surface area contributed by atoms with Crippen LogP contribution in [0, 0.1) is 0 Å². The predicted molar refractivity (Wildman–Crippen MR) is 95.8 cm³/mol. The molecular formula is C20H26N2O. The maximum absolute atomic E-state index is 12.6. The van der Waals surface area contributed by atoms with E-state index in [-0.39, 0.29) is 11.4 Å². The number of rotatable bonds is 4. The Hall–Kier alpha value is -1.87. The monoisotopic (exact) mass is 310 g/mol. The molecular weight excluding hydrogens is 284 g/mol. The van der Waals surface area contributed by atoms with E-state index in [0.29, 0.717) is 0 Å². The minimum absolute atomic E-state index is 0.0301. The summed E-state index contributed by atoms with van der Waals surface area (Å²) in [5, 5.41) is 5.45. The third-order valence-electron chi connectivity index (χ3n) is 5.32. The van der Waals surface area contributed by atoms with Gasteiger partial charge in [0.2, 0.25) is 0 Å². The first kappa shape index (κ1) is 16.0. The van der Waals surface area contributed by atoms with Gasteiger partial charge in [-0.2, -0.15) is 0 Å². The van der Waals surface area contributed by atoms with Crippen molar-refractivity contribution in [2.24, 2.45) is 0 Å². The Bertz CT molecular complexity index is 687. The molecule has 0 aromatic heterocycles. The fraction of sp³-hybridized carbons (Fsp3) is 0.450. The summed E-state index contributed by atoms with van der Waals surface area (Å²) >= 11 is 0.